The maximum Gasteiger partial charge on any atom is 0.272 e. The Morgan fingerprint density at radius 2 is 1.29 bits per heavy atom. The fourth-order valence-electron chi connectivity index (χ4n) is 4.75. The highest BCUT2D eigenvalue weighted by Crippen LogP contribution is 2.37. The lowest BCUT2D eigenvalue weighted by Gasteiger charge is -2.17. The highest BCUT2D eigenvalue weighted by Gasteiger charge is 2.23. The van der Waals surface area contributed by atoms with Gasteiger partial charge in [0.15, 0.2) is 5.13 Å². The van der Waals surface area contributed by atoms with E-state index in [-0.39, 0.29) is 17.5 Å². The van der Waals surface area contributed by atoms with Gasteiger partial charge in [-0.2, -0.15) is 0 Å². The molecule has 3 N–H and O–H groups in total. The molecular formula is C39H30N4O3S2. The second-order valence-corrected chi connectivity index (χ2v) is 12.6. The molecule has 1 atom stereocenters. The van der Waals surface area contributed by atoms with E-state index in [1.165, 1.54) is 23.1 Å². The lowest BCUT2D eigenvalue weighted by molar-refractivity contribution is -0.116. The molecule has 3 amide bonds. The summed E-state index contributed by atoms with van der Waals surface area (Å²) in [5.74, 6) is -1.05. The standard InChI is InChI=1S/C39H30N4O3S2/c44-36(30-19-11-4-12-20-30)41-33(25-27-13-5-1-6-14-27)37(45)40-31-21-23-32(24-22-31)48-35(29-17-9-3-10-18-29)38(46)43-39-42-34(26-47-39)28-15-7-2-8-16-28/h1-26,35H,(H,40,45)(H,41,44)(H,42,43,46)/b33-25-. The number of amides is 3. The zero-order chi connectivity index (χ0) is 33.1. The van der Waals surface area contributed by atoms with Crippen molar-refractivity contribution in [3.05, 3.63) is 173 Å². The topological polar surface area (TPSA) is 100 Å². The van der Waals surface area contributed by atoms with Gasteiger partial charge in [0.25, 0.3) is 11.8 Å². The predicted octanol–water partition coefficient (Wildman–Crippen LogP) is 8.69. The zero-order valence-corrected chi connectivity index (χ0v) is 27.2. The Morgan fingerprint density at radius 3 is 1.96 bits per heavy atom. The van der Waals surface area contributed by atoms with E-state index in [1.807, 2.05) is 115 Å². The van der Waals surface area contributed by atoms with Crippen LogP contribution in [-0.4, -0.2) is 22.7 Å². The quantitative estimate of drug-likeness (QED) is 0.0949. The van der Waals surface area contributed by atoms with E-state index in [0.29, 0.717) is 16.4 Å². The first-order valence-corrected chi connectivity index (χ1v) is 16.9. The van der Waals surface area contributed by atoms with Crippen LogP contribution in [0.15, 0.2) is 162 Å². The number of rotatable bonds is 11. The van der Waals surface area contributed by atoms with E-state index in [2.05, 4.69) is 20.9 Å². The molecule has 0 aliphatic rings. The number of carbonyl (C=O) groups excluding carboxylic acids is 3. The SMILES string of the molecule is O=C(Nc1ccc(SC(C(=O)Nc2nc(-c3ccccc3)cs2)c2ccccc2)cc1)/C(=C/c1ccccc1)NC(=O)c1ccccc1. The summed E-state index contributed by atoms with van der Waals surface area (Å²) >= 11 is 2.78. The Bertz CT molecular complexity index is 2020. The molecule has 0 saturated heterocycles. The maximum atomic E-state index is 13.6. The highest BCUT2D eigenvalue weighted by atomic mass is 32.2. The van der Waals surface area contributed by atoms with Crippen LogP contribution in [0, 0.1) is 0 Å². The third kappa shape index (κ3) is 8.52. The van der Waals surface area contributed by atoms with E-state index in [4.69, 9.17) is 0 Å². The molecule has 7 nitrogen and oxygen atoms in total. The van der Waals surface area contributed by atoms with Crippen molar-refractivity contribution in [1.29, 1.82) is 0 Å². The van der Waals surface area contributed by atoms with Crippen molar-refractivity contribution in [2.24, 2.45) is 0 Å². The number of nitrogens with zero attached hydrogens (tertiary/aromatic N) is 1. The van der Waals surface area contributed by atoms with Crippen molar-refractivity contribution in [1.82, 2.24) is 10.3 Å². The van der Waals surface area contributed by atoms with Crippen molar-refractivity contribution in [2.75, 3.05) is 10.6 Å². The van der Waals surface area contributed by atoms with Gasteiger partial charge in [0.05, 0.1) is 5.69 Å². The van der Waals surface area contributed by atoms with Crippen LogP contribution in [-0.2, 0) is 9.59 Å². The molecule has 6 rings (SSSR count). The molecule has 0 radical (unpaired) electrons. The molecular weight excluding hydrogens is 637 g/mol. The number of nitrogens with one attached hydrogen (secondary N) is 3. The molecule has 0 bridgehead atoms. The summed E-state index contributed by atoms with van der Waals surface area (Å²) in [5, 5.41) is 10.5. The summed E-state index contributed by atoms with van der Waals surface area (Å²) in [4.78, 5) is 45.4. The number of benzene rings is 5. The maximum absolute atomic E-state index is 13.6. The summed E-state index contributed by atoms with van der Waals surface area (Å²) in [6, 6.07) is 44.7. The minimum absolute atomic E-state index is 0.104. The molecule has 48 heavy (non-hydrogen) atoms. The third-order valence-electron chi connectivity index (χ3n) is 7.15. The molecule has 1 heterocycles. The monoisotopic (exact) mass is 666 g/mol. The van der Waals surface area contributed by atoms with Gasteiger partial charge in [-0.25, -0.2) is 4.98 Å². The average molecular weight is 667 g/mol. The molecule has 5 aromatic carbocycles. The Balaban J connectivity index is 1.16. The van der Waals surface area contributed by atoms with Crippen LogP contribution in [0.1, 0.15) is 26.7 Å². The smallest absolute Gasteiger partial charge is 0.272 e. The minimum Gasteiger partial charge on any atom is -0.321 e. The van der Waals surface area contributed by atoms with Crippen molar-refractivity contribution >= 4 is 57.7 Å². The van der Waals surface area contributed by atoms with Crippen LogP contribution in [0.4, 0.5) is 10.8 Å². The molecule has 0 saturated carbocycles. The van der Waals surface area contributed by atoms with Gasteiger partial charge in [0, 0.05) is 27.1 Å². The van der Waals surface area contributed by atoms with Gasteiger partial charge < -0.3 is 16.0 Å². The van der Waals surface area contributed by atoms with Gasteiger partial charge in [0.1, 0.15) is 10.9 Å². The van der Waals surface area contributed by atoms with Crippen molar-refractivity contribution < 1.29 is 14.4 Å². The van der Waals surface area contributed by atoms with Crippen LogP contribution in [0.3, 0.4) is 0 Å². The first-order valence-electron chi connectivity index (χ1n) is 15.1. The predicted molar refractivity (Wildman–Crippen MR) is 195 cm³/mol. The van der Waals surface area contributed by atoms with E-state index in [0.717, 1.165) is 27.3 Å². The summed E-state index contributed by atoms with van der Waals surface area (Å²) in [6.07, 6.45) is 1.63. The summed E-state index contributed by atoms with van der Waals surface area (Å²) in [7, 11) is 0. The minimum atomic E-state index is -0.552. The Hall–Kier alpha value is -5.77. The van der Waals surface area contributed by atoms with Crippen LogP contribution in [0.5, 0.6) is 0 Å². The lowest BCUT2D eigenvalue weighted by atomic mass is 10.1. The van der Waals surface area contributed by atoms with Crippen molar-refractivity contribution in [3.8, 4) is 11.3 Å². The summed E-state index contributed by atoms with van der Waals surface area (Å²) in [5.41, 5.74) is 4.48. The largest absolute Gasteiger partial charge is 0.321 e. The molecule has 1 unspecified atom stereocenters. The molecule has 1 aromatic heterocycles. The van der Waals surface area contributed by atoms with Crippen molar-refractivity contribution in [3.63, 3.8) is 0 Å². The van der Waals surface area contributed by atoms with Gasteiger partial charge in [0.2, 0.25) is 5.91 Å². The van der Waals surface area contributed by atoms with Crippen molar-refractivity contribution in [2.45, 2.75) is 10.1 Å². The van der Waals surface area contributed by atoms with Crippen LogP contribution >= 0.6 is 23.1 Å². The fraction of sp³-hybridized carbons (Fsp3) is 0.0256. The lowest BCUT2D eigenvalue weighted by Crippen LogP contribution is -2.30. The van der Waals surface area contributed by atoms with Crippen LogP contribution in [0.2, 0.25) is 0 Å². The molecule has 236 valence electrons. The van der Waals surface area contributed by atoms with E-state index < -0.39 is 11.2 Å². The fourth-order valence-corrected chi connectivity index (χ4v) is 6.50. The first kappa shape index (κ1) is 32.2. The third-order valence-corrected chi connectivity index (χ3v) is 9.17. The number of anilines is 2. The summed E-state index contributed by atoms with van der Waals surface area (Å²) < 4.78 is 0. The van der Waals surface area contributed by atoms with Crippen LogP contribution < -0.4 is 16.0 Å². The number of thiazole rings is 1. The van der Waals surface area contributed by atoms with Gasteiger partial charge in [-0.05, 0) is 53.6 Å². The molecule has 6 aromatic rings. The number of hydrogen-bond donors (Lipinski definition) is 3. The van der Waals surface area contributed by atoms with E-state index in [9.17, 15) is 14.4 Å². The Kier molecular flexibility index (Phi) is 10.5. The van der Waals surface area contributed by atoms with E-state index >= 15 is 0 Å². The number of hydrogen-bond acceptors (Lipinski definition) is 6. The molecule has 0 aliphatic heterocycles. The Labute approximate surface area is 286 Å². The van der Waals surface area contributed by atoms with Gasteiger partial charge in [-0.15, -0.1) is 23.1 Å². The zero-order valence-electron chi connectivity index (χ0n) is 25.6. The average Bonchev–Trinajstić information content (AvgIpc) is 3.61. The summed E-state index contributed by atoms with van der Waals surface area (Å²) in [6.45, 7) is 0. The first-order chi connectivity index (χ1) is 23.5. The molecule has 0 fully saturated rings. The van der Waals surface area contributed by atoms with Gasteiger partial charge in [-0.3, -0.25) is 14.4 Å². The molecule has 9 heteroatoms. The van der Waals surface area contributed by atoms with Gasteiger partial charge in [-0.1, -0.05) is 109 Å². The Morgan fingerprint density at radius 1 is 0.688 bits per heavy atom. The molecule has 0 spiro atoms. The molecule has 0 aliphatic carbocycles. The number of carbonyl (C=O) groups is 3. The second-order valence-electron chi connectivity index (χ2n) is 10.6. The van der Waals surface area contributed by atoms with Gasteiger partial charge >= 0.3 is 0 Å². The van der Waals surface area contributed by atoms with Crippen LogP contribution in [0.25, 0.3) is 17.3 Å². The highest BCUT2D eigenvalue weighted by molar-refractivity contribution is 8.00. The number of aromatic nitrogens is 1. The normalized spacial score (nSPS) is 11.7. The second kappa shape index (κ2) is 15.7. The number of thioether (sulfide) groups is 1. The van der Waals surface area contributed by atoms with E-state index in [1.54, 1.807) is 42.5 Å².